The lowest BCUT2D eigenvalue weighted by atomic mass is 9.88. The molecule has 2 aromatic carbocycles. The number of ether oxygens (including phenoxy) is 1. The van der Waals surface area contributed by atoms with Gasteiger partial charge in [0.15, 0.2) is 0 Å². The summed E-state index contributed by atoms with van der Waals surface area (Å²) in [6, 6.07) is 15.5. The van der Waals surface area contributed by atoms with Crippen LogP contribution in [0.1, 0.15) is 28.8 Å². The normalized spacial score (nSPS) is 17.5. The fraction of sp³-hybridized carbons (Fsp3) is 0.320. The van der Waals surface area contributed by atoms with E-state index >= 15 is 0 Å². The summed E-state index contributed by atoms with van der Waals surface area (Å²) in [6.45, 7) is 2.34. The fourth-order valence-corrected chi connectivity index (χ4v) is 4.79. The number of anilines is 1. The van der Waals surface area contributed by atoms with E-state index in [1.54, 1.807) is 19.3 Å². The molecule has 1 aromatic heterocycles. The number of nitrogens with one attached hydrogen (secondary N) is 2. The summed E-state index contributed by atoms with van der Waals surface area (Å²) < 4.78 is 5.63. The van der Waals surface area contributed by atoms with Gasteiger partial charge >= 0.3 is 6.03 Å². The van der Waals surface area contributed by atoms with Gasteiger partial charge in [-0.1, -0.05) is 24.3 Å². The molecule has 0 radical (unpaired) electrons. The van der Waals surface area contributed by atoms with Gasteiger partial charge in [0.25, 0.3) is 5.91 Å². The van der Waals surface area contributed by atoms with E-state index in [2.05, 4.69) is 15.5 Å². The first kappa shape index (κ1) is 21.2. The molecule has 1 spiro atoms. The lowest BCUT2D eigenvalue weighted by Crippen LogP contribution is -2.50. The van der Waals surface area contributed by atoms with Crippen LogP contribution in [-0.2, 0) is 11.3 Å². The van der Waals surface area contributed by atoms with E-state index in [1.807, 2.05) is 58.5 Å². The van der Waals surface area contributed by atoms with E-state index in [0.29, 0.717) is 31.9 Å². The molecular weight excluding hydrogens is 418 g/mol. The van der Waals surface area contributed by atoms with Gasteiger partial charge in [-0.2, -0.15) is 5.10 Å². The van der Waals surface area contributed by atoms with Crippen LogP contribution in [0, 0.1) is 0 Å². The van der Waals surface area contributed by atoms with E-state index in [-0.39, 0.29) is 17.5 Å². The molecule has 2 saturated heterocycles. The Morgan fingerprint density at radius 2 is 1.94 bits per heavy atom. The van der Waals surface area contributed by atoms with Gasteiger partial charge in [-0.3, -0.25) is 14.8 Å². The number of hydrogen-bond acceptors (Lipinski definition) is 4. The van der Waals surface area contributed by atoms with Gasteiger partial charge < -0.3 is 15.0 Å². The number of amides is 3. The number of carbonyl (C=O) groups is 2. The molecule has 0 atom stereocenters. The molecule has 5 rings (SSSR count). The van der Waals surface area contributed by atoms with Crippen LogP contribution in [0.2, 0.25) is 0 Å². The predicted molar refractivity (Wildman–Crippen MR) is 125 cm³/mol. The molecule has 3 amide bonds. The van der Waals surface area contributed by atoms with Gasteiger partial charge in [-0.15, -0.1) is 0 Å². The summed E-state index contributed by atoms with van der Waals surface area (Å²) in [4.78, 5) is 29.6. The summed E-state index contributed by atoms with van der Waals surface area (Å²) in [5.41, 5.74) is 4.17. The first-order chi connectivity index (χ1) is 16.1. The Kier molecular flexibility index (Phi) is 5.60. The van der Waals surface area contributed by atoms with Crippen molar-refractivity contribution in [1.29, 1.82) is 0 Å². The third-order valence-corrected chi connectivity index (χ3v) is 6.68. The number of H-pyrrole nitrogens is 1. The maximum atomic E-state index is 13.7. The van der Waals surface area contributed by atoms with Gasteiger partial charge in [-0.05, 0) is 48.2 Å². The van der Waals surface area contributed by atoms with Gasteiger partial charge in [-0.25, -0.2) is 4.79 Å². The summed E-state index contributed by atoms with van der Waals surface area (Å²) >= 11 is 0. The zero-order valence-corrected chi connectivity index (χ0v) is 18.6. The second-order valence-electron chi connectivity index (χ2n) is 8.60. The maximum Gasteiger partial charge on any atom is 0.325 e. The minimum Gasteiger partial charge on any atom is -0.381 e. The molecule has 2 fully saturated rings. The van der Waals surface area contributed by atoms with Crippen LogP contribution in [-0.4, -0.2) is 59.4 Å². The van der Waals surface area contributed by atoms with Crippen molar-refractivity contribution < 1.29 is 14.3 Å². The number of aromatic nitrogens is 2. The summed E-state index contributed by atoms with van der Waals surface area (Å²) in [6.07, 6.45) is 5.21. The van der Waals surface area contributed by atoms with Gasteiger partial charge in [0.2, 0.25) is 0 Å². The van der Waals surface area contributed by atoms with E-state index in [1.165, 1.54) is 0 Å². The van der Waals surface area contributed by atoms with E-state index in [9.17, 15) is 9.59 Å². The van der Waals surface area contributed by atoms with E-state index in [4.69, 9.17) is 4.74 Å². The third kappa shape index (κ3) is 3.98. The number of hydrogen-bond donors (Lipinski definition) is 2. The Bertz CT molecular complexity index is 1140. The standard InChI is InChI=1S/C25H27N5O3/c1-26-23(31)20-4-2-3-18(13-20)16-30-24(32)29(17-25(30)9-11-33-12-10-25)22-7-5-19(6-8-22)21-14-27-28-15-21/h2-8,13-15H,9-12,16-17H2,1H3,(H,26,31)(H,27,28). The topological polar surface area (TPSA) is 90.6 Å². The van der Waals surface area contributed by atoms with Crippen molar-refractivity contribution in [2.45, 2.75) is 24.9 Å². The van der Waals surface area contributed by atoms with Crippen LogP contribution in [0.4, 0.5) is 10.5 Å². The number of urea groups is 1. The average molecular weight is 446 g/mol. The minimum absolute atomic E-state index is 0.0155. The summed E-state index contributed by atoms with van der Waals surface area (Å²) in [5.74, 6) is -0.135. The lowest BCUT2D eigenvalue weighted by molar-refractivity contribution is 0.00611. The molecule has 3 heterocycles. The number of nitrogens with zero attached hydrogens (tertiary/aromatic N) is 3. The Morgan fingerprint density at radius 3 is 2.64 bits per heavy atom. The second-order valence-corrected chi connectivity index (χ2v) is 8.60. The molecule has 2 aliphatic heterocycles. The molecule has 0 aliphatic carbocycles. The van der Waals surface area contributed by atoms with Crippen LogP contribution >= 0.6 is 0 Å². The average Bonchev–Trinajstić information content (AvgIpc) is 3.48. The van der Waals surface area contributed by atoms with Crippen molar-refractivity contribution in [2.24, 2.45) is 0 Å². The molecule has 0 saturated carbocycles. The van der Waals surface area contributed by atoms with E-state index < -0.39 is 0 Å². The van der Waals surface area contributed by atoms with Crippen LogP contribution in [0.15, 0.2) is 60.9 Å². The SMILES string of the molecule is CNC(=O)c1cccc(CN2C(=O)N(c3ccc(-c4cn[nH]c4)cc3)CC23CCOCC3)c1. The molecular formula is C25H27N5O3. The number of benzene rings is 2. The summed E-state index contributed by atoms with van der Waals surface area (Å²) in [7, 11) is 1.62. The van der Waals surface area contributed by atoms with Gasteiger partial charge in [0, 0.05) is 49.8 Å². The van der Waals surface area contributed by atoms with Crippen LogP contribution < -0.4 is 10.2 Å². The third-order valence-electron chi connectivity index (χ3n) is 6.68. The number of rotatable bonds is 5. The zero-order valence-electron chi connectivity index (χ0n) is 18.6. The fourth-order valence-electron chi connectivity index (χ4n) is 4.79. The molecule has 3 aromatic rings. The highest BCUT2D eigenvalue weighted by Crippen LogP contribution is 2.39. The highest BCUT2D eigenvalue weighted by atomic mass is 16.5. The van der Waals surface area contributed by atoms with Crippen molar-refractivity contribution in [2.75, 3.05) is 31.7 Å². The predicted octanol–water partition coefficient (Wildman–Crippen LogP) is 3.43. The Morgan fingerprint density at radius 1 is 1.15 bits per heavy atom. The van der Waals surface area contributed by atoms with Crippen molar-refractivity contribution in [3.05, 3.63) is 72.1 Å². The first-order valence-corrected chi connectivity index (χ1v) is 11.2. The lowest BCUT2D eigenvalue weighted by Gasteiger charge is -2.40. The van der Waals surface area contributed by atoms with Gasteiger partial charge in [0.1, 0.15) is 0 Å². The van der Waals surface area contributed by atoms with Crippen LogP contribution in [0.5, 0.6) is 0 Å². The highest BCUT2D eigenvalue weighted by molar-refractivity contribution is 5.96. The molecule has 2 aliphatic rings. The van der Waals surface area contributed by atoms with Crippen molar-refractivity contribution in [3.8, 4) is 11.1 Å². The second kappa shape index (κ2) is 8.71. The molecule has 8 heteroatoms. The van der Waals surface area contributed by atoms with Crippen molar-refractivity contribution >= 4 is 17.6 Å². The van der Waals surface area contributed by atoms with Crippen LogP contribution in [0.3, 0.4) is 0 Å². The summed E-state index contributed by atoms with van der Waals surface area (Å²) in [5, 5.41) is 9.50. The molecule has 2 N–H and O–H groups in total. The molecule has 0 unspecified atom stereocenters. The molecule has 33 heavy (non-hydrogen) atoms. The van der Waals surface area contributed by atoms with Crippen molar-refractivity contribution in [1.82, 2.24) is 20.4 Å². The molecule has 170 valence electrons. The highest BCUT2D eigenvalue weighted by Gasteiger charge is 2.50. The van der Waals surface area contributed by atoms with E-state index in [0.717, 1.165) is 35.2 Å². The Labute approximate surface area is 192 Å². The Balaban J connectivity index is 1.43. The minimum atomic E-state index is -0.290. The monoisotopic (exact) mass is 445 g/mol. The quantitative estimate of drug-likeness (QED) is 0.630. The van der Waals surface area contributed by atoms with Crippen LogP contribution in [0.25, 0.3) is 11.1 Å². The Hall–Kier alpha value is -3.65. The van der Waals surface area contributed by atoms with Gasteiger partial charge in [0.05, 0.1) is 18.3 Å². The maximum absolute atomic E-state index is 13.7. The van der Waals surface area contributed by atoms with Crippen molar-refractivity contribution in [3.63, 3.8) is 0 Å². The molecule has 0 bridgehead atoms. The zero-order chi connectivity index (χ0) is 22.8. The molecule has 8 nitrogen and oxygen atoms in total. The number of carbonyl (C=O) groups excluding carboxylic acids is 2. The first-order valence-electron chi connectivity index (χ1n) is 11.2. The number of aromatic amines is 1. The largest absolute Gasteiger partial charge is 0.381 e. The smallest absolute Gasteiger partial charge is 0.325 e.